The van der Waals surface area contributed by atoms with Gasteiger partial charge < -0.3 is 14.6 Å². The monoisotopic (exact) mass is 258 g/mol. The molecule has 2 rings (SSSR count). The van der Waals surface area contributed by atoms with Crippen LogP contribution in [-0.4, -0.2) is 17.7 Å². The molecule has 0 unspecified atom stereocenters. The van der Waals surface area contributed by atoms with E-state index in [1.165, 1.54) is 0 Å². The quantitative estimate of drug-likeness (QED) is 0.865. The Balaban J connectivity index is 1.91. The molecule has 100 valence electrons. The van der Waals surface area contributed by atoms with Gasteiger partial charge in [0.25, 0.3) is 5.56 Å². The first-order valence-electron chi connectivity index (χ1n) is 6.42. The maximum absolute atomic E-state index is 11.5. The molecule has 0 saturated heterocycles. The van der Waals surface area contributed by atoms with E-state index in [0.29, 0.717) is 19.7 Å². The third-order valence-electron chi connectivity index (χ3n) is 2.73. The van der Waals surface area contributed by atoms with Crippen LogP contribution < -0.4 is 15.6 Å². The van der Waals surface area contributed by atoms with Crippen molar-refractivity contribution in [2.75, 3.05) is 18.5 Å². The molecule has 0 aliphatic heterocycles. The van der Waals surface area contributed by atoms with Gasteiger partial charge in [-0.1, -0.05) is 12.1 Å². The molecule has 0 amide bonds. The fourth-order valence-corrected chi connectivity index (χ4v) is 1.83. The first-order valence-corrected chi connectivity index (χ1v) is 6.42. The molecule has 0 aliphatic carbocycles. The van der Waals surface area contributed by atoms with E-state index in [9.17, 15) is 4.79 Å². The molecule has 0 bridgehead atoms. The molecular formula is C15H18N2O2. The SMILES string of the molecule is CCOc1cccc(NCCn2ccccc2=O)c1. The van der Waals surface area contributed by atoms with Crippen molar-refractivity contribution in [1.29, 1.82) is 0 Å². The zero-order chi connectivity index (χ0) is 13.5. The summed E-state index contributed by atoms with van der Waals surface area (Å²) in [6.07, 6.45) is 1.79. The molecule has 1 N–H and O–H groups in total. The second kappa shape index (κ2) is 6.64. The third-order valence-corrected chi connectivity index (χ3v) is 2.73. The molecule has 0 radical (unpaired) electrons. The first kappa shape index (κ1) is 13.2. The van der Waals surface area contributed by atoms with E-state index < -0.39 is 0 Å². The number of pyridine rings is 1. The van der Waals surface area contributed by atoms with Gasteiger partial charge in [0.1, 0.15) is 5.75 Å². The highest BCUT2D eigenvalue weighted by molar-refractivity contribution is 5.48. The average Bonchev–Trinajstić information content (AvgIpc) is 2.42. The van der Waals surface area contributed by atoms with Crippen LogP contribution in [0.2, 0.25) is 0 Å². The second-order valence-corrected chi connectivity index (χ2v) is 4.12. The Morgan fingerprint density at radius 2 is 2.11 bits per heavy atom. The normalized spacial score (nSPS) is 10.2. The van der Waals surface area contributed by atoms with Gasteiger partial charge in [0.2, 0.25) is 0 Å². The van der Waals surface area contributed by atoms with Gasteiger partial charge in [0.15, 0.2) is 0 Å². The lowest BCUT2D eigenvalue weighted by Crippen LogP contribution is -2.21. The zero-order valence-corrected chi connectivity index (χ0v) is 11.0. The van der Waals surface area contributed by atoms with Crippen LogP contribution in [-0.2, 0) is 6.54 Å². The minimum Gasteiger partial charge on any atom is -0.494 e. The number of ether oxygens (including phenoxy) is 1. The molecule has 0 atom stereocenters. The lowest BCUT2D eigenvalue weighted by Gasteiger charge is -2.10. The van der Waals surface area contributed by atoms with Crippen molar-refractivity contribution < 1.29 is 4.74 Å². The van der Waals surface area contributed by atoms with Crippen LogP contribution in [0.1, 0.15) is 6.92 Å². The van der Waals surface area contributed by atoms with E-state index in [0.717, 1.165) is 11.4 Å². The Hall–Kier alpha value is -2.23. The summed E-state index contributed by atoms with van der Waals surface area (Å²) >= 11 is 0. The molecule has 2 aromatic rings. The Morgan fingerprint density at radius 1 is 1.21 bits per heavy atom. The summed E-state index contributed by atoms with van der Waals surface area (Å²) in [5.74, 6) is 0.851. The van der Waals surface area contributed by atoms with Gasteiger partial charge in [-0.2, -0.15) is 0 Å². The number of hydrogen-bond acceptors (Lipinski definition) is 3. The fraction of sp³-hybridized carbons (Fsp3) is 0.267. The largest absolute Gasteiger partial charge is 0.494 e. The second-order valence-electron chi connectivity index (χ2n) is 4.12. The smallest absolute Gasteiger partial charge is 0.250 e. The zero-order valence-electron chi connectivity index (χ0n) is 11.0. The number of benzene rings is 1. The molecule has 0 spiro atoms. The van der Waals surface area contributed by atoms with E-state index >= 15 is 0 Å². The van der Waals surface area contributed by atoms with E-state index in [1.807, 2.05) is 37.3 Å². The highest BCUT2D eigenvalue weighted by Gasteiger charge is 1.97. The number of aromatic nitrogens is 1. The average molecular weight is 258 g/mol. The van der Waals surface area contributed by atoms with Crippen molar-refractivity contribution in [3.8, 4) is 5.75 Å². The summed E-state index contributed by atoms with van der Waals surface area (Å²) in [4.78, 5) is 11.5. The van der Waals surface area contributed by atoms with Gasteiger partial charge in [-0.3, -0.25) is 4.79 Å². The van der Waals surface area contributed by atoms with Crippen LogP contribution in [0.3, 0.4) is 0 Å². The van der Waals surface area contributed by atoms with E-state index in [-0.39, 0.29) is 5.56 Å². The molecule has 4 heteroatoms. The van der Waals surface area contributed by atoms with Gasteiger partial charge in [-0.05, 0) is 25.1 Å². The van der Waals surface area contributed by atoms with Gasteiger partial charge in [0, 0.05) is 37.1 Å². The molecule has 1 aromatic heterocycles. The fourth-order valence-electron chi connectivity index (χ4n) is 1.83. The molecule has 19 heavy (non-hydrogen) atoms. The van der Waals surface area contributed by atoms with Crippen molar-refractivity contribution in [2.45, 2.75) is 13.5 Å². The summed E-state index contributed by atoms with van der Waals surface area (Å²) in [6, 6.07) is 13.0. The standard InChI is InChI=1S/C15H18N2O2/c1-2-19-14-7-5-6-13(12-14)16-9-11-17-10-4-3-8-15(17)18/h3-8,10,12,16H,2,9,11H2,1H3. The minimum atomic E-state index is 0.0207. The molecule has 0 fully saturated rings. The van der Waals surface area contributed by atoms with Gasteiger partial charge in [-0.15, -0.1) is 0 Å². The molecule has 4 nitrogen and oxygen atoms in total. The summed E-state index contributed by atoms with van der Waals surface area (Å²) in [7, 11) is 0. The summed E-state index contributed by atoms with van der Waals surface area (Å²) in [5.41, 5.74) is 1.02. The van der Waals surface area contributed by atoms with Crippen LogP contribution in [0.4, 0.5) is 5.69 Å². The van der Waals surface area contributed by atoms with Crippen molar-refractivity contribution in [3.05, 3.63) is 59.0 Å². The maximum atomic E-state index is 11.5. The summed E-state index contributed by atoms with van der Waals surface area (Å²) < 4.78 is 7.11. The molecule has 0 aliphatic rings. The van der Waals surface area contributed by atoms with Crippen molar-refractivity contribution in [3.63, 3.8) is 0 Å². The van der Waals surface area contributed by atoms with Crippen LogP contribution in [0.5, 0.6) is 5.75 Å². The van der Waals surface area contributed by atoms with Crippen molar-refractivity contribution in [2.24, 2.45) is 0 Å². The molecular weight excluding hydrogens is 240 g/mol. The van der Waals surface area contributed by atoms with Crippen LogP contribution >= 0.6 is 0 Å². The van der Waals surface area contributed by atoms with E-state index in [2.05, 4.69) is 5.32 Å². The predicted molar refractivity (Wildman–Crippen MR) is 76.8 cm³/mol. The number of anilines is 1. The van der Waals surface area contributed by atoms with Gasteiger partial charge in [0.05, 0.1) is 6.61 Å². The Labute approximate surface area is 112 Å². The van der Waals surface area contributed by atoms with Crippen LogP contribution in [0, 0.1) is 0 Å². The predicted octanol–water partition coefficient (Wildman–Crippen LogP) is 2.36. The molecule has 0 saturated carbocycles. The summed E-state index contributed by atoms with van der Waals surface area (Å²) in [5, 5.41) is 3.28. The number of rotatable bonds is 6. The summed E-state index contributed by atoms with van der Waals surface area (Å²) in [6.45, 7) is 3.95. The Kier molecular flexibility index (Phi) is 4.61. The lowest BCUT2D eigenvalue weighted by atomic mass is 10.3. The van der Waals surface area contributed by atoms with E-state index in [4.69, 9.17) is 4.74 Å². The third kappa shape index (κ3) is 3.88. The minimum absolute atomic E-state index is 0.0207. The number of nitrogens with one attached hydrogen (secondary N) is 1. The van der Waals surface area contributed by atoms with Gasteiger partial charge >= 0.3 is 0 Å². The van der Waals surface area contributed by atoms with Crippen molar-refractivity contribution in [1.82, 2.24) is 4.57 Å². The Bertz CT molecular complexity index is 578. The first-order chi connectivity index (χ1) is 9.29. The van der Waals surface area contributed by atoms with Gasteiger partial charge in [-0.25, -0.2) is 0 Å². The van der Waals surface area contributed by atoms with Crippen LogP contribution in [0.25, 0.3) is 0 Å². The molecule has 1 heterocycles. The number of hydrogen-bond donors (Lipinski definition) is 1. The van der Waals surface area contributed by atoms with Crippen molar-refractivity contribution >= 4 is 5.69 Å². The highest BCUT2D eigenvalue weighted by atomic mass is 16.5. The Morgan fingerprint density at radius 3 is 2.89 bits per heavy atom. The van der Waals surface area contributed by atoms with E-state index in [1.54, 1.807) is 22.9 Å². The van der Waals surface area contributed by atoms with Crippen LogP contribution in [0.15, 0.2) is 53.5 Å². The maximum Gasteiger partial charge on any atom is 0.250 e. The lowest BCUT2D eigenvalue weighted by molar-refractivity contribution is 0.340. The topological polar surface area (TPSA) is 43.3 Å². The highest BCUT2D eigenvalue weighted by Crippen LogP contribution is 2.16. The molecule has 1 aromatic carbocycles. The number of nitrogens with zero attached hydrogens (tertiary/aromatic N) is 1.